The number of amides is 1. The van der Waals surface area contributed by atoms with Crippen molar-refractivity contribution in [1.82, 2.24) is 14.5 Å². The Bertz CT molecular complexity index is 1570. The summed E-state index contributed by atoms with van der Waals surface area (Å²) in [7, 11) is 1.64. The van der Waals surface area contributed by atoms with Gasteiger partial charge in [-0.25, -0.2) is 4.98 Å². The molecular weight excluding hydrogens is 522 g/mol. The second kappa shape index (κ2) is 11.8. The molecule has 1 fully saturated rings. The number of imidazole rings is 1. The summed E-state index contributed by atoms with van der Waals surface area (Å²) in [5, 5.41) is 0. The van der Waals surface area contributed by atoms with Crippen LogP contribution in [0.3, 0.4) is 0 Å². The highest BCUT2D eigenvalue weighted by molar-refractivity contribution is 5.96. The highest BCUT2D eigenvalue weighted by Gasteiger charge is 2.38. The summed E-state index contributed by atoms with van der Waals surface area (Å²) in [5.41, 5.74) is 4.29. The minimum absolute atomic E-state index is 0.147. The molecule has 42 heavy (non-hydrogen) atoms. The first kappa shape index (κ1) is 27.1. The molecule has 0 saturated carbocycles. The van der Waals surface area contributed by atoms with Crippen molar-refractivity contribution in [2.45, 2.75) is 25.1 Å². The van der Waals surface area contributed by atoms with Crippen molar-refractivity contribution in [2.24, 2.45) is 0 Å². The van der Waals surface area contributed by atoms with Crippen molar-refractivity contribution in [1.29, 1.82) is 0 Å². The Kier molecular flexibility index (Phi) is 7.60. The highest BCUT2D eigenvalue weighted by atomic mass is 16.5. The van der Waals surface area contributed by atoms with E-state index in [2.05, 4.69) is 77.4 Å². The van der Waals surface area contributed by atoms with E-state index in [-0.39, 0.29) is 17.8 Å². The van der Waals surface area contributed by atoms with Crippen molar-refractivity contribution >= 4 is 12.0 Å². The van der Waals surface area contributed by atoms with Gasteiger partial charge in [0, 0.05) is 18.8 Å². The zero-order valence-electron chi connectivity index (χ0n) is 23.8. The first-order valence-corrected chi connectivity index (χ1v) is 14.1. The molecule has 5 aromatic rings. The summed E-state index contributed by atoms with van der Waals surface area (Å²) in [6.45, 7) is 2.97. The Balaban J connectivity index is 1.39. The molecule has 1 unspecified atom stereocenters. The lowest BCUT2D eigenvalue weighted by atomic mass is 9.77. The largest absolute Gasteiger partial charge is 0.497 e. The lowest BCUT2D eigenvalue weighted by molar-refractivity contribution is -0.139. The highest BCUT2D eigenvalue weighted by Crippen LogP contribution is 2.41. The second-order valence-corrected chi connectivity index (χ2v) is 10.5. The number of hydrogen-bond acceptors (Lipinski definition) is 4. The molecule has 6 nitrogen and oxygen atoms in total. The Morgan fingerprint density at radius 3 is 1.93 bits per heavy atom. The van der Waals surface area contributed by atoms with E-state index in [0.717, 1.165) is 28.0 Å². The molecule has 0 radical (unpaired) electrons. The van der Waals surface area contributed by atoms with Crippen LogP contribution in [0.15, 0.2) is 134 Å². The third-order valence-corrected chi connectivity index (χ3v) is 7.68. The van der Waals surface area contributed by atoms with E-state index in [1.165, 1.54) is 0 Å². The number of carbonyl (C=O) groups excluding carboxylic acids is 1. The van der Waals surface area contributed by atoms with Gasteiger partial charge in [0.1, 0.15) is 17.4 Å². The number of carbonyl (C=O) groups is 1. The van der Waals surface area contributed by atoms with E-state index in [9.17, 15) is 4.79 Å². The van der Waals surface area contributed by atoms with Gasteiger partial charge in [-0.1, -0.05) is 103 Å². The number of ether oxygens (including phenoxy) is 2. The van der Waals surface area contributed by atoms with Gasteiger partial charge in [0.15, 0.2) is 5.76 Å². The molecule has 6 rings (SSSR count). The summed E-state index contributed by atoms with van der Waals surface area (Å²) in [5.74, 6) is 0.922. The van der Waals surface area contributed by atoms with Gasteiger partial charge in [-0.15, -0.1) is 0 Å². The molecule has 1 aromatic heterocycles. The summed E-state index contributed by atoms with van der Waals surface area (Å²) in [6.07, 6.45) is 5.43. The molecule has 0 bridgehead atoms. The molecule has 1 atom stereocenters. The smallest absolute Gasteiger partial charge is 0.289 e. The standard InChI is InChI=1S/C36H33N3O3/c1-27-23-38(24-28-18-20-33(41-2)21-19-28)35(40)34(42-27)22-32-25-39(26-37-32)36(29-12-6-3-7-13-29,30-14-8-4-9-15-30)31-16-10-5-11-17-31/h3-22,25-27H,23-24H2,1-2H3. The summed E-state index contributed by atoms with van der Waals surface area (Å²) >= 11 is 0. The van der Waals surface area contributed by atoms with Gasteiger partial charge < -0.3 is 18.9 Å². The molecule has 0 spiro atoms. The van der Waals surface area contributed by atoms with Crippen LogP contribution in [0.1, 0.15) is 34.9 Å². The van der Waals surface area contributed by atoms with Crippen LogP contribution < -0.4 is 4.74 Å². The number of morpholine rings is 1. The minimum Gasteiger partial charge on any atom is -0.497 e. The van der Waals surface area contributed by atoms with E-state index < -0.39 is 5.54 Å². The second-order valence-electron chi connectivity index (χ2n) is 10.5. The fraction of sp³-hybridized carbons (Fsp3) is 0.167. The van der Waals surface area contributed by atoms with E-state index >= 15 is 0 Å². The Labute approximate surface area is 246 Å². The molecule has 1 aliphatic heterocycles. The maximum Gasteiger partial charge on any atom is 0.289 e. The molecule has 1 aliphatic rings. The van der Waals surface area contributed by atoms with Gasteiger partial charge in [-0.05, 0) is 41.3 Å². The monoisotopic (exact) mass is 555 g/mol. The normalized spacial score (nSPS) is 16.3. The van der Waals surface area contributed by atoms with Gasteiger partial charge >= 0.3 is 0 Å². The van der Waals surface area contributed by atoms with Crippen molar-refractivity contribution in [3.05, 3.63) is 161 Å². The zero-order chi connectivity index (χ0) is 28.9. The number of benzene rings is 4. The van der Waals surface area contributed by atoms with Crippen LogP contribution in [0.5, 0.6) is 5.75 Å². The maximum absolute atomic E-state index is 13.5. The van der Waals surface area contributed by atoms with Gasteiger partial charge in [-0.2, -0.15) is 0 Å². The van der Waals surface area contributed by atoms with Gasteiger partial charge in [0.25, 0.3) is 5.91 Å². The molecule has 4 aromatic carbocycles. The Hall–Kier alpha value is -5.10. The lowest BCUT2D eigenvalue weighted by Crippen LogP contribution is -2.43. The van der Waals surface area contributed by atoms with Crippen molar-refractivity contribution < 1.29 is 14.3 Å². The molecule has 0 aliphatic carbocycles. The summed E-state index contributed by atoms with van der Waals surface area (Å²) < 4.78 is 13.5. The number of nitrogens with zero attached hydrogens (tertiary/aromatic N) is 3. The zero-order valence-corrected chi connectivity index (χ0v) is 23.8. The quantitative estimate of drug-likeness (QED) is 0.162. The SMILES string of the molecule is COc1ccc(CN2CC(C)OC(=Cc3cn(C(c4ccccc4)(c4ccccc4)c4ccccc4)cn3)C2=O)cc1. The molecular formula is C36H33N3O3. The van der Waals surface area contributed by atoms with Gasteiger partial charge in [-0.3, -0.25) is 4.79 Å². The number of rotatable bonds is 8. The van der Waals surface area contributed by atoms with E-state index in [0.29, 0.717) is 18.8 Å². The molecule has 1 amide bonds. The predicted molar refractivity (Wildman–Crippen MR) is 164 cm³/mol. The molecule has 6 heteroatoms. The minimum atomic E-state index is -0.682. The van der Waals surface area contributed by atoms with Crippen LogP contribution in [0.25, 0.3) is 6.08 Å². The van der Waals surface area contributed by atoms with Crippen LogP contribution in [0.2, 0.25) is 0 Å². The molecule has 210 valence electrons. The number of hydrogen-bond donors (Lipinski definition) is 0. The first-order chi connectivity index (χ1) is 20.6. The van der Waals surface area contributed by atoms with Crippen molar-refractivity contribution in [3.8, 4) is 5.75 Å². The van der Waals surface area contributed by atoms with Gasteiger partial charge in [0.05, 0.1) is 25.7 Å². The predicted octanol–water partition coefficient (Wildman–Crippen LogP) is 6.52. The van der Waals surface area contributed by atoms with Crippen LogP contribution >= 0.6 is 0 Å². The summed E-state index contributed by atoms with van der Waals surface area (Å²) in [6, 6.07) is 39.1. The van der Waals surface area contributed by atoms with E-state index in [4.69, 9.17) is 14.5 Å². The fourth-order valence-electron chi connectivity index (χ4n) is 5.75. The third kappa shape index (κ3) is 5.19. The van der Waals surface area contributed by atoms with Crippen LogP contribution in [-0.2, 0) is 21.6 Å². The van der Waals surface area contributed by atoms with Crippen molar-refractivity contribution in [2.75, 3.05) is 13.7 Å². The molecule has 0 N–H and O–H groups in total. The number of aromatic nitrogens is 2. The topological polar surface area (TPSA) is 56.6 Å². The van der Waals surface area contributed by atoms with Gasteiger partial charge in [0.2, 0.25) is 0 Å². The van der Waals surface area contributed by atoms with Crippen LogP contribution in [0, 0.1) is 0 Å². The molecule has 2 heterocycles. The average molecular weight is 556 g/mol. The first-order valence-electron chi connectivity index (χ1n) is 14.1. The lowest BCUT2D eigenvalue weighted by Gasteiger charge is -2.37. The van der Waals surface area contributed by atoms with E-state index in [1.807, 2.05) is 66.8 Å². The Morgan fingerprint density at radius 1 is 0.857 bits per heavy atom. The van der Waals surface area contributed by atoms with Crippen molar-refractivity contribution in [3.63, 3.8) is 0 Å². The van der Waals surface area contributed by atoms with Crippen LogP contribution in [-0.4, -0.2) is 40.1 Å². The Morgan fingerprint density at radius 2 is 1.40 bits per heavy atom. The third-order valence-electron chi connectivity index (χ3n) is 7.68. The van der Waals surface area contributed by atoms with Crippen LogP contribution in [0.4, 0.5) is 0 Å². The number of methoxy groups -OCH3 is 1. The average Bonchev–Trinajstić information content (AvgIpc) is 3.50. The molecule has 1 saturated heterocycles. The fourth-order valence-corrected chi connectivity index (χ4v) is 5.75. The van der Waals surface area contributed by atoms with E-state index in [1.54, 1.807) is 13.2 Å². The summed E-state index contributed by atoms with van der Waals surface area (Å²) in [4.78, 5) is 20.1. The maximum atomic E-state index is 13.5.